The molecule has 1 atom stereocenters. The molecule has 1 saturated heterocycles. The molecule has 4 aromatic rings. The van der Waals surface area contributed by atoms with E-state index < -0.39 is 0 Å². The summed E-state index contributed by atoms with van der Waals surface area (Å²) in [7, 11) is 0. The van der Waals surface area contributed by atoms with E-state index in [1.54, 1.807) is 18.1 Å². The van der Waals surface area contributed by atoms with Crippen molar-refractivity contribution in [2.24, 2.45) is 5.92 Å². The second-order valence-electron chi connectivity index (χ2n) is 8.34. The maximum absolute atomic E-state index is 13.1. The lowest BCUT2D eigenvalue weighted by atomic mass is 9.98. The van der Waals surface area contributed by atoms with E-state index in [0.29, 0.717) is 36.4 Å². The molecule has 0 radical (unpaired) electrons. The number of benzene rings is 2. The molecule has 1 amide bonds. The second kappa shape index (κ2) is 10.4. The topological polar surface area (TPSA) is 90.5 Å². The Morgan fingerprint density at radius 2 is 1.97 bits per heavy atom. The molecular weight excluding hydrogens is 464 g/mol. The number of amides is 1. The number of furan rings is 1. The lowest BCUT2D eigenvalue weighted by molar-refractivity contribution is -0.151. The Balaban J connectivity index is 1.41. The highest BCUT2D eigenvalue weighted by atomic mass is 32.2. The molecule has 0 bridgehead atoms. The van der Waals surface area contributed by atoms with Gasteiger partial charge in [-0.05, 0) is 43.4 Å². The van der Waals surface area contributed by atoms with Gasteiger partial charge in [-0.1, -0.05) is 48.2 Å². The first-order valence-corrected chi connectivity index (χ1v) is 12.7. The highest BCUT2D eigenvalue weighted by Crippen LogP contribution is 2.32. The third-order valence-electron chi connectivity index (χ3n) is 6.10. The normalized spacial score (nSPS) is 15.9. The molecule has 1 unspecified atom stereocenters. The minimum atomic E-state index is -0.262. The zero-order chi connectivity index (χ0) is 24.2. The van der Waals surface area contributed by atoms with E-state index in [1.807, 2.05) is 41.0 Å². The number of rotatable bonds is 7. The van der Waals surface area contributed by atoms with Crippen LogP contribution in [0, 0.1) is 5.92 Å². The Morgan fingerprint density at radius 1 is 1.11 bits per heavy atom. The standard InChI is InChI=1S/C26H26N4O4S/c1-2-33-25(32)19-10-6-14-29(16-19)23(31)17-35-26-28-27-24(22-13-7-15-34-22)30(26)21-12-5-9-18-8-3-4-11-20(18)21/h3-5,7-9,11-13,15,19H,2,6,10,14,16-17H2,1H3. The Labute approximate surface area is 207 Å². The first-order valence-electron chi connectivity index (χ1n) is 11.7. The van der Waals surface area contributed by atoms with Crippen LogP contribution >= 0.6 is 11.8 Å². The molecule has 0 aliphatic carbocycles. The summed E-state index contributed by atoms with van der Waals surface area (Å²) in [5, 5.41) is 11.5. The van der Waals surface area contributed by atoms with Gasteiger partial charge in [-0.3, -0.25) is 14.2 Å². The molecule has 180 valence electrons. The van der Waals surface area contributed by atoms with Gasteiger partial charge in [0.1, 0.15) is 0 Å². The molecular formula is C26H26N4O4S. The van der Waals surface area contributed by atoms with Crippen LogP contribution in [0.1, 0.15) is 19.8 Å². The van der Waals surface area contributed by atoms with Gasteiger partial charge in [-0.25, -0.2) is 0 Å². The average molecular weight is 491 g/mol. The van der Waals surface area contributed by atoms with Crippen molar-refractivity contribution in [2.75, 3.05) is 25.4 Å². The summed E-state index contributed by atoms with van der Waals surface area (Å²) < 4.78 is 12.7. The largest absolute Gasteiger partial charge is 0.466 e. The van der Waals surface area contributed by atoms with Crippen molar-refractivity contribution >= 4 is 34.4 Å². The molecule has 2 aromatic carbocycles. The van der Waals surface area contributed by atoms with Crippen LogP contribution in [0.4, 0.5) is 0 Å². The Bertz CT molecular complexity index is 1330. The highest BCUT2D eigenvalue weighted by Gasteiger charge is 2.30. The van der Waals surface area contributed by atoms with Crippen LogP contribution in [0.2, 0.25) is 0 Å². The zero-order valence-corrected chi connectivity index (χ0v) is 20.2. The average Bonchev–Trinajstić information content (AvgIpc) is 3.57. The molecule has 35 heavy (non-hydrogen) atoms. The van der Waals surface area contributed by atoms with Gasteiger partial charge in [-0.15, -0.1) is 10.2 Å². The molecule has 1 aliphatic rings. The van der Waals surface area contributed by atoms with E-state index in [9.17, 15) is 9.59 Å². The number of nitrogens with zero attached hydrogens (tertiary/aromatic N) is 4. The molecule has 8 nitrogen and oxygen atoms in total. The number of carbonyl (C=O) groups is 2. The number of thioether (sulfide) groups is 1. The molecule has 3 heterocycles. The fourth-order valence-corrected chi connectivity index (χ4v) is 5.27. The number of fused-ring (bicyclic) bond motifs is 1. The minimum absolute atomic E-state index is 0.0315. The van der Waals surface area contributed by atoms with Gasteiger partial charge in [0.15, 0.2) is 10.9 Å². The first-order chi connectivity index (χ1) is 17.2. The summed E-state index contributed by atoms with van der Waals surface area (Å²) in [6, 6.07) is 17.8. The van der Waals surface area contributed by atoms with E-state index in [-0.39, 0.29) is 23.5 Å². The molecule has 9 heteroatoms. The van der Waals surface area contributed by atoms with Gasteiger partial charge in [0, 0.05) is 18.5 Å². The van der Waals surface area contributed by atoms with E-state index in [2.05, 4.69) is 28.4 Å². The number of carbonyl (C=O) groups excluding carboxylic acids is 2. The van der Waals surface area contributed by atoms with Crippen LogP contribution in [0.15, 0.2) is 70.4 Å². The summed E-state index contributed by atoms with van der Waals surface area (Å²) in [5.74, 6) is 0.838. The van der Waals surface area contributed by atoms with Gasteiger partial charge in [0.2, 0.25) is 11.7 Å². The van der Waals surface area contributed by atoms with Gasteiger partial charge < -0.3 is 14.1 Å². The Hall–Kier alpha value is -3.59. The van der Waals surface area contributed by atoms with Crippen LogP contribution in [-0.2, 0) is 14.3 Å². The maximum Gasteiger partial charge on any atom is 0.310 e. The van der Waals surface area contributed by atoms with Crippen LogP contribution < -0.4 is 0 Å². The van der Waals surface area contributed by atoms with Crippen LogP contribution in [0.25, 0.3) is 28.0 Å². The molecule has 0 spiro atoms. The van der Waals surface area contributed by atoms with Crippen LogP contribution in [-0.4, -0.2) is 57.0 Å². The van der Waals surface area contributed by atoms with Crippen molar-refractivity contribution in [2.45, 2.75) is 24.9 Å². The number of aromatic nitrogens is 3. The van der Waals surface area contributed by atoms with Crippen molar-refractivity contribution in [1.82, 2.24) is 19.7 Å². The monoisotopic (exact) mass is 490 g/mol. The van der Waals surface area contributed by atoms with E-state index >= 15 is 0 Å². The number of hydrogen-bond acceptors (Lipinski definition) is 7. The molecule has 1 aliphatic heterocycles. The molecule has 2 aromatic heterocycles. The SMILES string of the molecule is CCOC(=O)C1CCCN(C(=O)CSc2nnc(-c3ccco3)n2-c2cccc3ccccc23)C1. The summed E-state index contributed by atoms with van der Waals surface area (Å²) in [5.41, 5.74) is 0.912. The fourth-order valence-electron chi connectivity index (χ4n) is 4.42. The number of likely N-dealkylation sites (tertiary alicyclic amines) is 1. The second-order valence-corrected chi connectivity index (χ2v) is 9.28. The quantitative estimate of drug-likeness (QED) is 0.277. The molecule has 0 N–H and O–H groups in total. The Kier molecular flexibility index (Phi) is 6.85. The predicted molar refractivity (Wildman–Crippen MR) is 133 cm³/mol. The van der Waals surface area contributed by atoms with Crippen molar-refractivity contribution in [3.05, 3.63) is 60.9 Å². The Morgan fingerprint density at radius 3 is 2.80 bits per heavy atom. The number of piperidine rings is 1. The third kappa shape index (κ3) is 4.81. The minimum Gasteiger partial charge on any atom is -0.466 e. The molecule has 5 rings (SSSR count). The fraction of sp³-hybridized carbons (Fsp3) is 0.308. The van der Waals surface area contributed by atoms with Crippen LogP contribution in [0.3, 0.4) is 0 Å². The number of ether oxygens (including phenoxy) is 1. The lowest BCUT2D eigenvalue weighted by Gasteiger charge is -2.31. The van der Waals surface area contributed by atoms with Gasteiger partial charge >= 0.3 is 5.97 Å². The molecule has 1 fully saturated rings. The first kappa shape index (κ1) is 23.2. The van der Waals surface area contributed by atoms with Crippen molar-refractivity contribution in [1.29, 1.82) is 0 Å². The maximum atomic E-state index is 13.1. The summed E-state index contributed by atoms with van der Waals surface area (Å²) in [6.45, 7) is 3.18. The van der Waals surface area contributed by atoms with E-state index in [1.165, 1.54) is 11.8 Å². The van der Waals surface area contributed by atoms with E-state index in [0.717, 1.165) is 29.3 Å². The van der Waals surface area contributed by atoms with Gasteiger partial charge in [-0.2, -0.15) is 0 Å². The van der Waals surface area contributed by atoms with Crippen molar-refractivity contribution in [3.63, 3.8) is 0 Å². The van der Waals surface area contributed by atoms with Crippen molar-refractivity contribution < 1.29 is 18.7 Å². The zero-order valence-electron chi connectivity index (χ0n) is 19.4. The number of esters is 1. The molecule has 0 saturated carbocycles. The predicted octanol–water partition coefficient (Wildman–Crippen LogP) is 4.57. The van der Waals surface area contributed by atoms with Gasteiger partial charge in [0.25, 0.3) is 0 Å². The summed E-state index contributed by atoms with van der Waals surface area (Å²) in [6.07, 6.45) is 3.14. The van der Waals surface area contributed by atoms with Gasteiger partial charge in [0.05, 0.1) is 30.2 Å². The summed E-state index contributed by atoms with van der Waals surface area (Å²) in [4.78, 5) is 27.0. The third-order valence-corrected chi connectivity index (χ3v) is 7.01. The lowest BCUT2D eigenvalue weighted by Crippen LogP contribution is -2.43. The van der Waals surface area contributed by atoms with Crippen LogP contribution in [0.5, 0.6) is 0 Å². The smallest absolute Gasteiger partial charge is 0.310 e. The number of hydrogen-bond donors (Lipinski definition) is 0. The highest BCUT2D eigenvalue weighted by molar-refractivity contribution is 7.99. The summed E-state index contributed by atoms with van der Waals surface area (Å²) >= 11 is 1.33. The van der Waals surface area contributed by atoms with Crippen molar-refractivity contribution in [3.8, 4) is 17.3 Å². The van der Waals surface area contributed by atoms with E-state index in [4.69, 9.17) is 9.15 Å².